The first-order valence-corrected chi connectivity index (χ1v) is 10.7. The van der Waals surface area contributed by atoms with Crippen LogP contribution in [0.5, 0.6) is 5.75 Å². The fourth-order valence-corrected chi connectivity index (χ4v) is 4.34. The van der Waals surface area contributed by atoms with Gasteiger partial charge in [0.15, 0.2) is 6.10 Å². The standard InChI is InChI=1S/C24H27FN2O3/c1-2-21-24(29)27(20-9-4-3-5-10-20)15-17-14-19(11-12-22(17)30-21)26-23(28)16-7-6-8-18(25)13-16/h6-8,11-14,20-21H,2-5,9-10,15H2,1H3,(H,26,28)/t21-/m1/s1. The molecule has 0 spiro atoms. The van der Waals surface area contributed by atoms with Crippen LogP contribution in [0.1, 0.15) is 61.4 Å². The van der Waals surface area contributed by atoms with Crippen molar-refractivity contribution in [3.63, 3.8) is 0 Å². The number of nitrogens with zero attached hydrogens (tertiary/aromatic N) is 1. The summed E-state index contributed by atoms with van der Waals surface area (Å²) in [5.74, 6) is -0.107. The molecular formula is C24H27FN2O3. The number of anilines is 1. The molecule has 30 heavy (non-hydrogen) atoms. The molecule has 1 atom stereocenters. The number of halogens is 1. The van der Waals surface area contributed by atoms with Gasteiger partial charge in [0.1, 0.15) is 11.6 Å². The third-order valence-electron chi connectivity index (χ3n) is 5.96. The molecule has 1 aliphatic carbocycles. The monoisotopic (exact) mass is 410 g/mol. The number of nitrogens with one attached hydrogen (secondary N) is 1. The largest absolute Gasteiger partial charge is 0.480 e. The van der Waals surface area contributed by atoms with E-state index in [2.05, 4.69) is 5.32 Å². The predicted molar refractivity (Wildman–Crippen MR) is 113 cm³/mol. The second kappa shape index (κ2) is 8.86. The molecule has 2 aromatic rings. The Kier molecular flexibility index (Phi) is 6.02. The van der Waals surface area contributed by atoms with E-state index < -0.39 is 11.9 Å². The van der Waals surface area contributed by atoms with Gasteiger partial charge in [-0.1, -0.05) is 32.3 Å². The van der Waals surface area contributed by atoms with Crippen LogP contribution in [0.3, 0.4) is 0 Å². The average Bonchev–Trinajstić information content (AvgIpc) is 2.90. The lowest BCUT2D eigenvalue weighted by Crippen LogP contribution is -2.45. The zero-order valence-corrected chi connectivity index (χ0v) is 17.2. The van der Waals surface area contributed by atoms with Gasteiger partial charge in [0.2, 0.25) is 0 Å². The molecule has 0 saturated heterocycles. The highest BCUT2D eigenvalue weighted by Gasteiger charge is 2.34. The minimum Gasteiger partial charge on any atom is -0.480 e. The van der Waals surface area contributed by atoms with E-state index in [1.165, 1.54) is 24.6 Å². The van der Waals surface area contributed by atoms with E-state index in [1.54, 1.807) is 18.2 Å². The van der Waals surface area contributed by atoms with Gasteiger partial charge in [-0.2, -0.15) is 0 Å². The topological polar surface area (TPSA) is 58.6 Å². The summed E-state index contributed by atoms with van der Waals surface area (Å²) in [4.78, 5) is 27.6. The van der Waals surface area contributed by atoms with Crippen molar-refractivity contribution >= 4 is 17.5 Å². The summed E-state index contributed by atoms with van der Waals surface area (Å²) < 4.78 is 19.5. The van der Waals surface area contributed by atoms with Crippen LogP contribution in [0.25, 0.3) is 0 Å². The molecule has 0 unspecified atom stereocenters. The van der Waals surface area contributed by atoms with E-state index in [0.717, 1.165) is 31.2 Å². The number of hydrogen-bond acceptors (Lipinski definition) is 3. The van der Waals surface area contributed by atoms with Crippen LogP contribution in [0, 0.1) is 5.82 Å². The van der Waals surface area contributed by atoms with Crippen molar-refractivity contribution in [3.05, 3.63) is 59.4 Å². The van der Waals surface area contributed by atoms with Gasteiger partial charge in [0, 0.05) is 29.4 Å². The summed E-state index contributed by atoms with van der Waals surface area (Å²) in [6, 6.07) is 11.2. The molecular weight excluding hydrogens is 383 g/mol. The van der Waals surface area contributed by atoms with Crippen molar-refractivity contribution in [2.45, 2.75) is 64.1 Å². The van der Waals surface area contributed by atoms with Crippen LogP contribution in [-0.4, -0.2) is 28.9 Å². The van der Waals surface area contributed by atoms with Crippen molar-refractivity contribution in [2.24, 2.45) is 0 Å². The SMILES string of the molecule is CC[C@H]1Oc2ccc(NC(=O)c3cccc(F)c3)cc2CN(C2CCCCC2)C1=O. The van der Waals surface area contributed by atoms with E-state index >= 15 is 0 Å². The highest BCUT2D eigenvalue weighted by molar-refractivity contribution is 6.04. The fraction of sp³-hybridized carbons (Fsp3) is 0.417. The Morgan fingerprint density at radius 1 is 1.17 bits per heavy atom. The number of rotatable bonds is 4. The summed E-state index contributed by atoms with van der Waals surface area (Å²) in [5, 5.41) is 2.82. The van der Waals surface area contributed by atoms with Crippen molar-refractivity contribution in [1.82, 2.24) is 4.90 Å². The number of hydrogen-bond donors (Lipinski definition) is 1. The second-order valence-electron chi connectivity index (χ2n) is 8.06. The molecule has 1 heterocycles. The van der Waals surface area contributed by atoms with Crippen molar-refractivity contribution in [2.75, 3.05) is 5.32 Å². The molecule has 6 heteroatoms. The minimum absolute atomic E-state index is 0.0472. The number of carbonyl (C=O) groups excluding carboxylic acids is 2. The maximum atomic E-state index is 13.4. The zero-order valence-electron chi connectivity index (χ0n) is 17.2. The Morgan fingerprint density at radius 3 is 2.70 bits per heavy atom. The minimum atomic E-state index is -0.485. The van der Waals surface area contributed by atoms with Gasteiger partial charge in [-0.3, -0.25) is 9.59 Å². The molecule has 1 aliphatic heterocycles. The Hall–Kier alpha value is -2.89. The van der Waals surface area contributed by atoms with Gasteiger partial charge in [-0.05, 0) is 55.7 Å². The molecule has 0 radical (unpaired) electrons. The number of amides is 2. The first-order chi connectivity index (χ1) is 14.5. The lowest BCUT2D eigenvalue weighted by Gasteiger charge is -2.34. The molecule has 0 bridgehead atoms. The summed E-state index contributed by atoms with van der Waals surface area (Å²) in [5.41, 5.74) is 1.73. The number of benzene rings is 2. The number of fused-ring (bicyclic) bond motifs is 1. The summed E-state index contributed by atoms with van der Waals surface area (Å²) in [6.07, 6.45) is 5.67. The van der Waals surface area contributed by atoms with Gasteiger partial charge < -0.3 is 15.0 Å². The smallest absolute Gasteiger partial charge is 0.264 e. The van der Waals surface area contributed by atoms with Crippen molar-refractivity contribution in [3.8, 4) is 5.75 Å². The Morgan fingerprint density at radius 2 is 1.97 bits per heavy atom. The van der Waals surface area contributed by atoms with E-state index in [0.29, 0.717) is 24.4 Å². The number of carbonyl (C=O) groups is 2. The third kappa shape index (κ3) is 4.32. The fourth-order valence-electron chi connectivity index (χ4n) is 4.34. The van der Waals surface area contributed by atoms with E-state index in [4.69, 9.17) is 4.74 Å². The predicted octanol–water partition coefficient (Wildman–Crippen LogP) is 4.91. The summed E-state index contributed by atoms with van der Waals surface area (Å²) in [7, 11) is 0. The van der Waals surface area contributed by atoms with E-state index in [1.807, 2.05) is 17.9 Å². The molecule has 1 N–H and O–H groups in total. The lowest BCUT2D eigenvalue weighted by atomic mass is 9.93. The van der Waals surface area contributed by atoms with Crippen LogP contribution < -0.4 is 10.1 Å². The first-order valence-electron chi connectivity index (χ1n) is 10.7. The van der Waals surface area contributed by atoms with Crippen LogP contribution in [0.15, 0.2) is 42.5 Å². The maximum Gasteiger partial charge on any atom is 0.264 e. The molecule has 2 amide bonds. The Bertz CT molecular complexity index is 940. The van der Waals surface area contributed by atoms with Gasteiger partial charge >= 0.3 is 0 Å². The maximum absolute atomic E-state index is 13.4. The van der Waals surface area contributed by atoms with E-state index in [9.17, 15) is 14.0 Å². The van der Waals surface area contributed by atoms with Crippen LogP contribution in [-0.2, 0) is 11.3 Å². The average molecular weight is 410 g/mol. The number of ether oxygens (including phenoxy) is 1. The summed E-state index contributed by atoms with van der Waals surface area (Å²) in [6.45, 7) is 2.43. The Labute approximate surface area is 176 Å². The molecule has 5 nitrogen and oxygen atoms in total. The third-order valence-corrected chi connectivity index (χ3v) is 5.96. The highest BCUT2D eigenvalue weighted by atomic mass is 19.1. The first kappa shape index (κ1) is 20.4. The molecule has 158 valence electrons. The summed E-state index contributed by atoms with van der Waals surface area (Å²) >= 11 is 0. The second-order valence-corrected chi connectivity index (χ2v) is 8.06. The van der Waals surface area contributed by atoms with Gasteiger partial charge in [0.25, 0.3) is 11.8 Å². The zero-order chi connectivity index (χ0) is 21.1. The molecule has 2 aliphatic rings. The quantitative estimate of drug-likeness (QED) is 0.779. The highest BCUT2D eigenvalue weighted by Crippen LogP contribution is 2.33. The lowest BCUT2D eigenvalue weighted by molar-refractivity contribution is -0.141. The molecule has 4 rings (SSSR count). The van der Waals surface area contributed by atoms with E-state index in [-0.39, 0.29) is 23.4 Å². The molecule has 1 saturated carbocycles. The van der Waals surface area contributed by atoms with Crippen LogP contribution in [0.2, 0.25) is 0 Å². The van der Waals surface area contributed by atoms with Crippen molar-refractivity contribution in [1.29, 1.82) is 0 Å². The molecule has 1 fully saturated rings. The van der Waals surface area contributed by atoms with Crippen molar-refractivity contribution < 1.29 is 18.7 Å². The van der Waals surface area contributed by atoms with Crippen LogP contribution in [0.4, 0.5) is 10.1 Å². The van der Waals surface area contributed by atoms with Gasteiger partial charge in [0.05, 0.1) is 0 Å². The van der Waals surface area contributed by atoms with Gasteiger partial charge in [-0.25, -0.2) is 4.39 Å². The van der Waals surface area contributed by atoms with Crippen LogP contribution >= 0.6 is 0 Å². The molecule has 2 aromatic carbocycles. The Balaban J connectivity index is 1.58. The molecule has 0 aromatic heterocycles. The normalized spacial score (nSPS) is 19.6. The van der Waals surface area contributed by atoms with Gasteiger partial charge in [-0.15, -0.1) is 0 Å².